The maximum absolute atomic E-state index is 10.4. The zero-order chi connectivity index (χ0) is 9.56. The van der Waals surface area contributed by atoms with Crippen LogP contribution < -0.4 is 5.11 Å². The third-order valence-electron chi connectivity index (χ3n) is 1.89. The molecule has 0 radical (unpaired) electrons. The maximum atomic E-state index is 10.4. The van der Waals surface area contributed by atoms with Crippen molar-refractivity contribution >= 4 is 29.0 Å². The molecule has 0 aliphatic rings. The van der Waals surface area contributed by atoms with E-state index in [0.29, 0.717) is 12.5 Å². The van der Waals surface area contributed by atoms with Crippen molar-refractivity contribution in [3.8, 4) is 0 Å². The topological polar surface area (TPSA) is 43.4 Å². The summed E-state index contributed by atoms with van der Waals surface area (Å²) < 4.78 is 1.22. The van der Waals surface area contributed by atoms with E-state index in [1.54, 1.807) is 22.9 Å². The third-order valence-corrected chi connectivity index (χ3v) is 2.68. The van der Waals surface area contributed by atoms with Gasteiger partial charge >= 0.3 is 0 Å². The molecule has 0 bridgehead atoms. The van der Waals surface area contributed by atoms with Crippen LogP contribution in [0.25, 0.3) is 0 Å². The Morgan fingerprint density at radius 2 is 2.17 bits per heavy atom. The Balaban J connectivity index is 3.76. The van der Waals surface area contributed by atoms with E-state index in [0.717, 1.165) is 19.3 Å². The predicted molar refractivity (Wildman–Crippen MR) is 54.8 cm³/mol. The van der Waals surface area contributed by atoms with Crippen molar-refractivity contribution in [2.24, 2.45) is 5.92 Å². The van der Waals surface area contributed by atoms with E-state index in [1.165, 1.54) is 3.11 Å². The Morgan fingerprint density at radius 1 is 1.58 bits per heavy atom. The van der Waals surface area contributed by atoms with Gasteiger partial charge in [0.15, 0.2) is 0 Å². The van der Waals surface area contributed by atoms with Crippen LogP contribution >= 0.6 is 22.9 Å². The molecule has 0 spiro atoms. The second kappa shape index (κ2) is 6.51. The number of carboxylic acid groups (broad SMARTS) is 1. The highest BCUT2D eigenvalue weighted by Gasteiger charge is 2.09. The molecule has 0 aromatic heterocycles. The van der Waals surface area contributed by atoms with Gasteiger partial charge < -0.3 is 13.0 Å². The Labute approximate surface area is 87.6 Å². The molecule has 0 aliphatic carbocycles. The molecule has 4 heteroatoms. The van der Waals surface area contributed by atoms with Gasteiger partial charge in [0.1, 0.15) is 6.09 Å². The van der Waals surface area contributed by atoms with E-state index in [-0.39, 0.29) is 0 Å². The molecular formula is C8H15INO2-. The average molecular weight is 284 g/mol. The molecule has 0 N–H and O–H groups in total. The number of amides is 1. The number of carbonyl (C=O) groups is 1. The summed E-state index contributed by atoms with van der Waals surface area (Å²) in [4.78, 5) is 10.4. The molecular weight excluding hydrogens is 269 g/mol. The molecule has 0 aromatic rings. The molecule has 0 rings (SSSR count). The minimum atomic E-state index is -1.09. The summed E-state index contributed by atoms with van der Waals surface area (Å²) in [7, 11) is 0. The Bertz CT molecular complexity index is 141. The lowest BCUT2D eigenvalue weighted by Gasteiger charge is -2.22. The second-order valence-corrected chi connectivity index (χ2v) is 4.04. The first-order valence-electron chi connectivity index (χ1n) is 4.26. The van der Waals surface area contributed by atoms with Gasteiger partial charge in [0, 0.05) is 6.54 Å². The quantitative estimate of drug-likeness (QED) is 0.571. The largest absolute Gasteiger partial charge is 0.529 e. The lowest BCUT2D eigenvalue weighted by molar-refractivity contribution is -0.257. The molecule has 1 amide bonds. The van der Waals surface area contributed by atoms with E-state index in [4.69, 9.17) is 0 Å². The van der Waals surface area contributed by atoms with Gasteiger partial charge in [-0.25, -0.2) is 0 Å². The van der Waals surface area contributed by atoms with Crippen LogP contribution in [0.4, 0.5) is 4.79 Å². The summed E-state index contributed by atoms with van der Waals surface area (Å²) in [5.41, 5.74) is 0. The predicted octanol–water partition coefficient (Wildman–Crippen LogP) is 1.81. The molecule has 1 atom stereocenters. The van der Waals surface area contributed by atoms with Crippen molar-refractivity contribution in [3.63, 3.8) is 0 Å². The van der Waals surface area contributed by atoms with Crippen LogP contribution in [-0.2, 0) is 0 Å². The standard InChI is InChI=1S/C8H16INO2/c1-3-5-7(4-2)6-10(9)8(11)12/h7H,3-6H2,1-2H3,(H,11,12)/p-1. The summed E-state index contributed by atoms with van der Waals surface area (Å²) in [5, 5.41) is 10.4. The van der Waals surface area contributed by atoms with Crippen molar-refractivity contribution in [1.82, 2.24) is 3.11 Å². The summed E-state index contributed by atoms with van der Waals surface area (Å²) in [5.74, 6) is 0.477. The molecule has 72 valence electrons. The monoisotopic (exact) mass is 284 g/mol. The van der Waals surface area contributed by atoms with E-state index >= 15 is 0 Å². The fourth-order valence-corrected chi connectivity index (χ4v) is 1.69. The van der Waals surface area contributed by atoms with Crippen molar-refractivity contribution in [1.29, 1.82) is 0 Å². The molecule has 0 fully saturated rings. The highest BCUT2D eigenvalue weighted by Crippen LogP contribution is 2.14. The molecule has 0 saturated heterocycles. The average Bonchev–Trinajstić information content (AvgIpc) is 2.03. The number of rotatable bonds is 5. The lowest BCUT2D eigenvalue weighted by Crippen LogP contribution is -2.37. The number of hydrogen-bond donors (Lipinski definition) is 0. The molecule has 0 aliphatic heterocycles. The zero-order valence-electron chi connectivity index (χ0n) is 7.55. The third kappa shape index (κ3) is 4.79. The maximum Gasteiger partial charge on any atom is 0.146 e. The van der Waals surface area contributed by atoms with E-state index in [9.17, 15) is 9.90 Å². The van der Waals surface area contributed by atoms with Gasteiger partial charge in [0.25, 0.3) is 0 Å². The number of halogens is 1. The van der Waals surface area contributed by atoms with Crippen LogP contribution in [-0.4, -0.2) is 15.8 Å². The van der Waals surface area contributed by atoms with Crippen LogP contribution in [0.2, 0.25) is 0 Å². The van der Waals surface area contributed by atoms with Crippen LogP contribution in [0, 0.1) is 5.92 Å². The van der Waals surface area contributed by atoms with Crippen LogP contribution in [0.5, 0.6) is 0 Å². The Kier molecular flexibility index (Phi) is 6.51. The zero-order valence-corrected chi connectivity index (χ0v) is 9.70. The van der Waals surface area contributed by atoms with Crippen LogP contribution in [0.1, 0.15) is 33.1 Å². The molecule has 0 saturated carbocycles. The lowest BCUT2D eigenvalue weighted by atomic mass is 10.0. The van der Waals surface area contributed by atoms with Crippen LogP contribution in [0.3, 0.4) is 0 Å². The summed E-state index contributed by atoms with van der Waals surface area (Å²) in [6.45, 7) is 4.78. The Hall–Kier alpha value is 0. The van der Waals surface area contributed by atoms with E-state index < -0.39 is 6.09 Å². The SMILES string of the molecule is CCCC(CC)CN(I)C(=O)[O-]. The molecule has 0 aromatic carbocycles. The van der Waals surface area contributed by atoms with Gasteiger partial charge in [0.2, 0.25) is 0 Å². The van der Waals surface area contributed by atoms with Gasteiger partial charge in [-0.15, -0.1) is 0 Å². The van der Waals surface area contributed by atoms with Gasteiger partial charge in [-0.3, -0.25) is 0 Å². The fraction of sp³-hybridized carbons (Fsp3) is 0.875. The number of hydrogen-bond acceptors (Lipinski definition) is 2. The smallest absolute Gasteiger partial charge is 0.146 e. The van der Waals surface area contributed by atoms with Crippen molar-refractivity contribution < 1.29 is 9.90 Å². The summed E-state index contributed by atoms with van der Waals surface area (Å²) >= 11 is 1.78. The second-order valence-electron chi connectivity index (χ2n) is 2.87. The Morgan fingerprint density at radius 3 is 2.50 bits per heavy atom. The van der Waals surface area contributed by atoms with Gasteiger partial charge in [-0.2, -0.15) is 0 Å². The summed E-state index contributed by atoms with van der Waals surface area (Å²) in [6, 6.07) is 0. The van der Waals surface area contributed by atoms with Gasteiger partial charge in [0.05, 0.1) is 22.9 Å². The summed E-state index contributed by atoms with van der Waals surface area (Å²) in [6.07, 6.45) is 2.13. The molecule has 0 heterocycles. The van der Waals surface area contributed by atoms with Gasteiger partial charge in [-0.05, 0) is 12.3 Å². The molecule has 1 unspecified atom stereocenters. The number of carbonyl (C=O) groups excluding carboxylic acids is 1. The van der Waals surface area contributed by atoms with E-state index in [2.05, 4.69) is 13.8 Å². The first kappa shape index (κ1) is 12.0. The molecule has 12 heavy (non-hydrogen) atoms. The fourth-order valence-electron chi connectivity index (χ4n) is 1.13. The first-order valence-corrected chi connectivity index (χ1v) is 5.22. The minimum Gasteiger partial charge on any atom is -0.529 e. The highest BCUT2D eigenvalue weighted by atomic mass is 127. The van der Waals surface area contributed by atoms with E-state index in [1.807, 2.05) is 0 Å². The van der Waals surface area contributed by atoms with Crippen LogP contribution in [0.15, 0.2) is 0 Å². The minimum absolute atomic E-state index is 0.477. The van der Waals surface area contributed by atoms with Gasteiger partial charge in [-0.1, -0.05) is 26.7 Å². The van der Waals surface area contributed by atoms with Crippen molar-refractivity contribution in [2.45, 2.75) is 33.1 Å². The number of nitrogens with zero attached hydrogens (tertiary/aromatic N) is 1. The van der Waals surface area contributed by atoms with Crippen molar-refractivity contribution in [2.75, 3.05) is 6.54 Å². The first-order chi connectivity index (χ1) is 5.61. The molecule has 3 nitrogen and oxygen atoms in total. The highest BCUT2D eigenvalue weighted by molar-refractivity contribution is 14.1. The van der Waals surface area contributed by atoms with Crippen molar-refractivity contribution in [3.05, 3.63) is 0 Å². The normalized spacial score (nSPS) is 12.6.